The van der Waals surface area contributed by atoms with E-state index in [0.29, 0.717) is 42.8 Å². The maximum atomic E-state index is 12.7. The molecule has 3 heterocycles. The van der Waals surface area contributed by atoms with Crippen LogP contribution in [0, 0.1) is 5.92 Å². The van der Waals surface area contributed by atoms with E-state index < -0.39 is 0 Å². The highest BCUT2D eigenvalue weighted by atomic mass is 16.5. The third-order valence-corrected chi connectivity index (χ3v) is 5.08. The number of methoxy groups -OCH3 is 1. The fourth-order valence-electron chi connectivity index (χ4n) is 3.56. The van der Waals surface area contributed by atoms with Crippen molar-refractivity contribution in [3.05, 3.63) is 48.0 Å². The molecule has 4 rings (SSSR count). The Balaban J connectivity index is 1.38. The minimum Gasteiger partial charge on any atom is -0.497 e. The van der Waals surface area contributed by atoms with E-state index in [1.165, 1.54) is 0 Å². The van der Waals surface area contributed by atoms with Crippen LogP contribution in [0.5, 0.6) is 5.75 Å². The molecule has 1 unspecified atom stereocenters. The summed E-state index contributed by atoms with van der Waals surface area (Å²) in [6.45, 7) is 4.09. The summed E-state index contributed by atoms with van der Waals surface area (Å²) in [6, 6.07) is 9.28. The summed E-state index contributed by atoms with van der Waals surface area (Å²) in [5, 5.41) is 8.30. The lowest BCUT2D eigenvalue weighted by atomic mass is 10.1. The lowest BCUT2D eigenvalue weighted by Gasteiger charge is -2.16. The molecule has 1 atom stereocenters. The Morgan fingerprint density at radius 3 is 2.86 bits per heavy atom. The van der Waals surface area contributed by atoms with E-state index >= 15 is 0 Å². The smallest absolute Gasteiger partial charge is 0.272 e. The second-order valence-electron chi connectivity index (χ2n) is 6.89. The summed E-state index contributed by atoms with van der Waals surface area (Å²) in [7, 11) is 1.63. The molecule has 1 fully saturated rings. The summed E-state index contributed by atoms with van der Waals surface area (Å²) < 4.78 is 12.3. The molecule has 1 aromatic carbocycles. The van der Waals surface area contributed by atoms with E-state index in [0.717, 1.165) is 24.3 Å². The monoisotopic (exact) mass is 381 g/mol. The maximum absolute atomic E-state index is 12.7. The van der Waals surface area contributed by atoms with Gasteiger partial charge in [-0.1, -0.05) is 5.16 Å². The molecule has 0 saturated carbocycles. The van der Waals surface area contributed by atoms with Gasteiger partial charge in [0, 0.05) is 37.8 Å². The van der Waals surface area contributed by atoms with E-state index in [2.05, 4.69) is 15.2 Å². The van der Waals surface area contributed by atoms with Gasteiger partial charge in [0.05, 0.1) is 7.11 Å². The molecule has 3 aromatic rings. The van der Waals surface area contributed by atoms with E-state index in [9.17, 15) is 4.79 Å². The number of carbonyl (C=O) groups is 1. The van der Waals surface area contributed by atoms with Crippen molar-refractivity contribution in [2.75, 3.05) is 20.2 Å². The summed E-state index contributed by atoms with van der Waals surface area (Å²) in [4.78, 5) is 19.1. The molecule has 2 aromatic heterocycles. The van der Waals surface area contributed by atoms with Crippen LogP contribution in [0.15, 0.2) is 41.1 Å². The van der Waals surface area contributed by atoms with Gasteiger partial charge >= 0.3 is 0 Å². The zero-order chi connectivity index (χ0) is 19.5. The Labute approximate surface area is 163 Å². The number of nitrogens with zero attached hydrogens (tertiary/aromatic N) is 5. The molecule has 1 aliphatic rings. The molecule has 0 radical (unpaired) electrons. The Morgan fingerprint density at radius 2 is 2.11 bits per heavy atom. The SMILES string of the molecule is CCn1nccc1C(=O)N1CCC(Cc2noc(-c3ccc(OC)cc3)n2)C1. The molecule has 1 amide bonds. The highest BCUT2D eigenvalue weighted by Gasteiger charge is 2.29. The molecule has 28 heavy (non-hydrogen) atoms. The van der Waals surface area contributed by atoms with Gasteiger partial charge < -0.3 is 14.2 Å². The molecule has 0 spiro atoms. The summed E-state index contributed by atoms with van der Waals surface area (Å²) in [5.41, 5.74) is 1.50. The van der Waals surface area contributed by atoms with Crippen LogP contribution in [0.3, 0.4) is 0 Å². The van der Waals surface area contributed by atoms with E-state index in [1.54, 1.807) is 24.1 Å². The number of ether oxygens (including phenoxy) is 1. The fourth-order valence-corrected chi connectivity index (χ4v) is 3.56. The molecule has 146 valence electrons. The van der Waals surface area contributed by atoms with Crippen molar-refractivity contribution in [3.8, 4) is 17.2 Å². The molecular formula is C20H23N5O3. The molecule has 8 heteroatoms. The second-order valence-corrected chi connectivity index (χ2v) is 6.89. The highest BCUT2D eigenvalue weighted by molar-refractivity contribution is 5.92. The first-order valence-electron chi connectivity index (χ1n) is 9.46. The van der Waals surface area contributed by atoms with Crippen molar-refractivity contribution < 1.29 is 14.1 Å². The van der Waals surface area contributed by atoms with Crippen LogP contribution >= 0.6 is 0 Å². The Hall–Kier alpha value is -3.16. The first kappa shape index (κ1) is 18.2. The third kappa shape index (κ3) is 3.62. The summed E-state index contributed by atoms with van der Waals surface area (Å²) >= 11 is 0. The van der Waals surface area contributed by atoms with Gasteiger partial charge in [0.25, 0.3) is 11.8 Å². The van der Waals surface area contributed by atoms with Gasteiger partial charge in [-0.3, -0.25) is 9.48 Å². The number of amides is 1. The topological polar surface area (TPSA) is 86.3 Å². The average Bonchev–Trinajstić information content (AvgIpc) is 3.48. The molecule has 8 nitrogen and oxygen atoms in total. The molecule has 1 saturated heterocycles. The zero-order valence-electron chi connectivity index (χ0n) is 16.0. The number of likely N-dealkylation sites (tertiary alicyclic amines) is 1. The number of hydrogen-bond donors (Lipinski definition) is 0. The van der Waals surface area contributed by atoms with Gasteiger partial charge in [0.15, 0.2) is 5.82 Å². The lowest BCUT2D eigenvalue weighted by molar-refractivity contribution is 0.0774. The van der Waals surface area contributed by atoms with Gasteiger partial charge in [-0.05, 0) is 49.6 Å². The number of aromatic nitrogens is 4. The van der Waals surface area contributed by atoms with Crippen molar-refractivity contribution >= 4 is 5.91 Å². The van der Waals surface area contributed by atoms with Gasteiger partial charge in [-0.25, -0.2) is 0 Å². The number of rotatable bonds is 6. The average molecular weight is 381 g/mol. The van der Waals surface area contributed by atoms with Crippen molar-refractivity contribution in [3.63, 3.8) is 0 Å². The van der Waals surface area contributed by atoms with Gasteiger partial charge in [0.2, 0.25) is 0 Å². The highest BCUT2D eigenvalue weighted by Crippen LogP contribution is 2.24. The Kier molecular flexibility index (Phi) is 5.10. The van der Waals surface area contributed by atoms with Crippen LogP contribution in [0.2, 0.25) is 0 Å². The predicted octanol–water partition coefficient (Wildman–Crippen LogP) is 2.67. The summed E-state index contributed by atoms with van der Waals surface area (Å²) in [6.07, 6.45) is 3.29. The number of hydrogen-bond acceptors (Lipinski definition) is 6. The second kappa shape index (κ2) is 7.84. The standard InChI is InChI=1S/C20H23N5O3/c1-3-25-17(8-10-21-25)20(26)24-11-9-14(13-24)12-18-22-19(28-23-18)15-4-6-16(27-2)7-5-15/h4-8,10,14H,3,9,11-13H2,1-2H3. The van der Waals surface area contributed by atoms with Crippen molar-refractivity contribution in [1.82, 2.24) is 24.8 Å². The van der Waals surface area contributed by atoms with Crippen molar-refractivity contribution in [2.24, 2.45) is 5.92 Å². The van der Waals surface area contributed by atoms with E-state index in [4.69, 9.17) is 9.26 Å². The molecule has 0 N–H and O–H groups in total. The van der Waals surface area contributed by atoms with Crippen LogP contribution in [0.25, 0.3) is 11.5 Å². The number of benzene rings is 1. The Morgan fingerprint density at radius 1 is 1.29 bits per heavy atom. The minimum absolute atomic E-state index is 0.0360. The number of carbonyl (C=O) groups excluding carboxylic acids is 1. The van der Waals surface area contributed by atoms with Crippen LogP contribution in [0.1, 0.15) is 29.7 Å². The van der Waals surface area contributed by atoms with Gasteiger partial charge in [-0.2, -0.15) is 10.1 Å². The summed E-state index contributed by atoms with van der Waals surface area (Å²) in [5.74, 6) is 2.31. The van der Waals surface area contributed by atoms with Crippen molar-refractivity contribution in [2.45, 2.75) is 26.3 Å². The van der Waals surface area contributed by atoms with Crippen molar-refractivity contribution in [1.29, 1.82) is 0 Å². The molecule has 0 bridgehead atoms. The maximum Gasteiger partial charge on any atom is 0.272 e. The normalized spacial score (nSPS) is 16.5. The third-order valence-electron chi connectivity index (χ3n) is 5.08. The molecular weight excluding hydrogens is 358 g/mol. The van der Waals surface area contributed by atoms with Crippen LogP contribution in [-0.4, -0.2) is 50.9 Å². The quantitative estimate of drug-likeness (QED) is 0.652. The largest absolute Gasteiger partial charge is 0.497 e. The predicted molar refractivity (Wildman–Crippen MR) is 102 cm³/mol. The van der Waals surface area contributed by atoms with Crippen LogP contribution in [-0.2, 0) is 13.0 Å². The first-order chi connectivity index (χ1) is 13.7. The molecule has 0 aliphatic carbocycles. The van der Waals surface area contributed by atoms with Crippen LogP contribution < -0.4 is 4.74 Å². The fraction of sp³-hybridized carbons (Fsp3) is 0.400. The number of aryl methyl sites for hydroxylation is 1. The van der Waals surface area contributed by atoms with Gasteiger partial charge in [-0.15, -0.1) is 0 Å². The van der Waals surface area contributed by atoms with E-state index in [-0.39, 0.29) is 5.91 Å². The molecule has 1 aliphatic heterocycles. The van der Waals surface area contributed by atoms with Crippen LogP contribution in [0.4, 0.5) is 0 Å². The zero-order valence-corrected chi connectivity index (χ0v) is 16.0. The van der Waals surface area contributed by atoms with Gasteiger partial charge in [0.1, 0.15) is 11.4 Å². The van der Waals surface area contributed by atoms with E-state index in [1.807, 2.05) is 36.1 Å². The Bertz CT molecular complexity index is 947. The minimum atomic E-state index is 0.0360. The first-order valence-corrected chi connectivity index (χ1v) is 9.46. The lowest BCUT2D eigenvalue weighted by Crippen LogP contribution is -2.30.